The highest BCUT2D eigenvalue weighted by Crippen LogP contribution is 2.23. The number of nitrogens with one attached hydrogen (secondary N) is 1. The number of aryl methyl sites for hydroxylation is 1. The van der Waals surface area contributed by atoms with E-state index < -0.39 is 6.04 Å². The second-order valence-corrected chi connectivity index (χ2v) is 5.45. The van der Waals surface area contributed by atoms with E-state index in [2.05, 4.69) is 5.32 Å². The van der Waals surface area contributed by atoms with E-state index in [1.54, 1.807) is 18.0 Å². The first-order chi connectivity index (χ1) is 7.99. The first kappa shape index (κ1) is 11.9. The van der Waals surface area contributed by atoms with E-state index in [4.69, 9.17) is 5.73 Å². The van der Waals surface area contributed by atoms with E-state index in [1.165, 1.54) is 11.3 Å². The highest BCUT2D eigenvalue weighted by atomic mass is 32.1. The highest BCUT2D eigenvalue weighted by Gasteiger charge is 2.30. The van der Waals surface area contributed by atoms with Crippen LogP contribution in [0.25, 0.3) is 0 Å². The SMILES string of the molecule is Cc1sc(C(=O)NC2CCN(C)C2=O)cc1N. The first-order valence-electron chi connectivity index (χ1n) is 5.41. The van der Waals surface area contributed by atoms with Crippen LogP contribution in [0.15, 0.2) is 6.07 Å². The molecule has 92 valence electrons. The highest BCUT2D eigenvalue weighted by molar-refractivity contribution is 7.14. The molecule has 1 aromatic heterocycles. The molecule has 1 unspecified atom stereocenters. The summed E-state index contributed by atoms with van der Waals surface area (Å²) in [6.07, 6.45) is 0.668. The number of nitrogens with zero attached hydrogens (tertiary/aromatic N) is 1. The minimum Gasteiger partial charge on any atom is -0.398 e. The summed E-state index contributed by atoms with van der Waals surface area (Å²) in [6, 6.07) is 1.26. The van der Waals surface area contributed by atoms with Crippen molar-refractivity contribution in [1.29, 1.82) is 0 Å². The van der Waals surface area contributed by atoms with E-state index in [1.807, 2.05) is 6.92 Å². The predicted octanol–water partition coefficient (Wildman–Crippen LogP) is 0.599. The van der Waals surface area contributed by atoms with Crippen LogP contribution in [0.4, 0.5) is 5.69 Å². The fourth-order valence-corrected chi connectivity index (χ4v) is 2.64. The molecule has 2 rings (SSSR count). The lowest BCUT2D eigenvalue weighted by Gasteiger charge is -2.11. The van der Waals surface area contributed by atoms with Crippen LogP contribution in [0.2, 0.25) is 0 Å². The number of thiophene rings is 1. The van der Waals surface area contributed by atoms with Gasteiger partial charge in [-0.1, -0.05) is 0 Å². The van der Waals surface area contributed by atoms with Gasteiger partial charge in [0.05, 0.1) is 4.88 Å². The number of hydrogen-bond acceptors (Lipinski definition) is 4. The monoisotopic (exact) mass is 253 g/mol. The molecule has 1 aliphatic rings. The van der Waals surface area contributed by atoms with Gasteiger partial charge in [-0.15, -0.1) is 11.3 Å². The zero-order chi connectivity index (χ0) is 12.6. The third-order valence-electron chi connectivity index (χ3n) is 2.91. The molecule has 1 saturated heterocycles. The second-order valence-electron chi connectivity index (χ2n) is 4.20. The minimum absolute atomic E-state index is 0.0281. The van der Waals surface area contributed by atoms with Gasteiger partial charge in [0.1, 0.15) is 6.04 Å². The van der Waals surface area contributed by atoms with Crippen molar-refractivity contribution >= 4 is 28.8 Å². The van der Waals surface area contributed by atoms with Gasteiger partial charge in [-0.25, -0.2) is 0 Å². The third kappa shape index (κ3) is 2.26. The Morgan fingerprint density at radius 3 is 2.82 bits per heavy atom. The maximum Gasteiger partial charge on any atom is 0.262 e. The number of nitrogen functional groups attached to an aromatic ring is 1. The van der Waals surface area contributed by atoms with Gasteiger partial charge < -0.3 is 16.0 Å². The van der Waals surface area contributed by atoms with E-state index >= 15 is 0 Å². The van der Waals surface area contributed by atoms with Crippen molar-refractivity contribution in [1.82, 2.24) is 10.2 Å². The van der Waals surface area contributed by atoms with Crippen molar-refractivity contribution < 1.29 is 9.59 Å². The van der Waals surface area contributed by atoms with E-state index in [9.17, 15) is 9.59 Å². The molecule has 17 heavy (non-hydrogen) atoms. The Kier molecular flexibility index (Phi) is 3.06. The number of likely N-dealkylation sites (N-methyl/N-ethyl adjacent to an activating group) is 1. The average Bonchev–Trinajstić information content (AvgIpc) is 2.77. The molecule has 1 atom stereocenters. The topological polar surface area (TPSA) is 75.4 Å². The number of rotatable bonds is 2. The Morgan fingerprint density at radius 2 is 2.35 bits per heavy atom. The van der Waals surface area contributed by atoms with Crippen molar-refractivity contribution in [3.8, 4) is 0 Å². The normalized spacial score (nSPS) is 19.8. The quantitative estimate of drug-likeness (QED) is 0.810. The molecular formula is C11H15N3O2S. The number of carbonyl (C=O) groups excluding carboxylic acids is 2. The first-order valence-corrected chi connectivity index (χ1v) is 6.22. The fourth-order valence-electron chi connectivity index (χ4n) is 1.79. The average molecular weight is 253 g/mol. The Balaban J connectivity index is 2.05. The summed E-state index contributed by atoms with van der Waals surface area (Å²) in [5.41, 5.74) is 6.31. The maximum atomic E-state index is 11.9. The molecule has 2 amide bonds. The van der Waals surface area contributed by atoms with Crippen LogP contribution in [0, 0.1) is 6.92 Å². The summed E-state index contributed by atoms with van der Waals surface area (Å²) in [4.78, 5) is 26.6. The number of amides is 2. The molecule has 5 nitrogen and oxygen atoms in total. The molecule has 2 heterocycles. The van der Waals surface area contributed by atoms with Crippen LogP contribution in [0.5, 0.6) is 0 Å². The second kappa shape index (κ2) is 4.37. The van der Waals surface area contributed by atoms with Gasteiger partial charge in [-0.2, -0.15) is 0 Å². The molecular weight excluding hydrogens is 238 g/mol. The number of likely N-dealkylation sites (tertiary alicyclic amines) is 1. The van der Waals surface area contributed by atoms with E-state index in [0.29, 0.717) is 23.5 Å². The molecule has 1 aliphatic heterocycles. The molecule has 0 bridgehead atoms. The zero-order valence-electron chi connectivity index (χ0n) is 9.82. The Hall–Kier alpha value is -1.56. The molecule has 3 N–H and O–H groups in total. The van der Waals surface area contributed by atoms with Gasteiger partial charge >= 0.3 is 0 Å². The van der Waals surface area contributed by atoms with Crippen LogP contribution in [-0.4, -0.2) is 36.3 Å². The van der Waals surface area contributed by atoms with Gasteiger partial charge in [0.15, 0.2) is 0 Å². The fraction of sp³-hybridized carbons (Fsp3) is 0.455. The minimum atomic E-state index is -0.392. The number of carbonyl (C=O) groups is 2. The molecule has 0 aromatic carbocycles. The largest absolute Gasteiger partial charge is 0.398 e. The number of anilines is 1. The molecule has 0 spiro atoms. The lowest BCUT2D eigenvalue weighted by atomic mass is 10.2. The number of hydrogen-bond donors (Lipinski definition) is 2. The number of nitrogens with two attached hydrogens (primary N) is 1. The van der Waals surface area contributed by atoms with Gasteiger partial charge in [0.2, 0.25) is 5.91 Å². The van der Waals surface area contributed by atoms with Crippen molar-refractivity contribution in [2.24, 2.45) is 0 Å². The Labute approximate surface area is 104 Å². The molecule has 1 fully saturated rings. The van der Waals surface area contributed by atoms with E-state index in [-0.39, 0.29) is 11.8 Å². The lowest BCUT2D eigenvalue weighted by molar-refractivity contribution is -0.128. The van der Waals surface area contributed by atoms with Crippen LogP contribution < -0.4 is 11.1 Å². The molecule has 6 heteroatoms. The summed E-state index contributed by atoms with van der Waals surface area (Å²) in [5, 5.41) is 2.74. The van der Waals surface area contributed by atoms with Gasteiger partial charge in [-0.3, -0.25) is 9.59 Å². The van der Waals surface area contributed by atoms with Gasteiger partial charge in [-0.05, 0) is 19.4 Å². The summed E-state index contributed by atoms with van der Waals surface area (Å²) in [7, 11) is 1.74. The Bertz CT molecular complexity index is 450. The summed E-state index contributed by atoms with van der Waals surface area (Å²) >= 11 is 1.35. The van der Waals surface area contributed by atoms with Crippen molar-refractivity contribution in [3.63, 3.8) is 0 Å². The smallest absolute Gasteiger partial charge is 0.262 e. The van der Waals surface area contributed by atoms with Crippen molar-refractivity contribution in [3.05, 3.63) is 15.8 Å². The van der Waals surface area contributed by atoms with Crippen LogP contribution >= 0.6 is 11.3 Å². The molecule has 0 aliphatic carbocycles. The summed E-state index contributed by atoms with van der Waals surface area (Å²) in [6.45, 7) is 2.56. The van der Waals surface area contributed by atoms with Crippen LogP contribution in [-0.2, 0) is 4.79 Å². The van der Waals surface area contributed by atoms with Crippen LogP contribution in [0.3, 0.4) is 0 Å². The maximum absolute atomic E-state index is 11.9. The van der Waals surface area contributed by atoms with Gasteiger partial charge in [0, 0.05) is 24.2 Å². The third-order valence-corrected chi connectivity index (χ3v) is 3.98. The summed E-state index contributed by atoms with van der Waals surface area (Å²) in [5.74, 6) is -0.247. The standard InChI is InChI=1S/C11H15N3O2S/c1-6-7(12)5-9(17-6)10(15)13-8-3-4-14(2)11(8)16/h5,8H,3-4,12H2,1-2H3,(H,13,15). The lowest BCUT2D eigenvalue weighted by Crippen LogP contribution is -2.40. The molecule has 0 saturated carbocycles. The van der Waals surface area contributed by atoms with E-state index in [0.717, 1.165) is 4.88 Å². The van der Waals surface area contributed by atoms with Crippen molar-refractivity contribution in [2.75, 3.05) is 19.3 Å². The van der Waals surface area contributed by atoms with Gasteiger partial charge in [0.25, 0.3) is 5.91 Å². The van der Waals surface area contributed by atoms with Crippen LogP contribution in [0.1, 0.15) is 21.0 Å². The summed E-state index contributed by atoms with van der Waals surface area (Å²) < 4.78 is 0. The van der Waals surface area contributed by atoms with Crippen molar-refractivity contribution in [2.45, 2.75) is 19.4 Å². The Morgan fingerprint density at radius 1 is 1.65 bits per heavy atom. The molecule has 1 aromatic rings. The zero-order valence-corrected chi connectivity index (χ0v) is 10.6. The molecule has 0 radical (unpaired) electrons. The predicted molar refractivity (Wildman–Crippen MR) is 67.0 cm³/mol.